The highest BCUT2D eigenvalue weighted by Crippen LogP contribution is 2.07. The van der Waals surface area contributed by atoms with E-state index < -0.39 is 0 Å². The third kappa shape index (κ3) is 12.8. The van der Waals surface area contributed by atoms with Crippen LogP contribution in [0.15, 0.2) is 4.99 Å². The molecule has 0 aromatic heterocycles. The molecule has 0 amide bonds. The maximum atomic E-state index is 7.00. The fraction of sp³-hybridized carbons (Fsp3) is 0.846. The predicted molar refractivity (Wildman–Crippen MR) is 79.3 cm³/mol. The van der Waals surface area contributed by atoms with Gasteiger partial charge in [-0.05, 0) is 12.8 Å². The number of unbranched alkanes of at least 4 members (excludes halogenated alkanes) is 6. The average Bonchev–Trinajstić information content (AvgIpc) is 2.31. The van der Waals surface area contributed by atoms with E-state index in [-0.39, 0.29) is 5.96 Å². The summed E-state index contributed by atoms with van der Waals surface area (Å²) in [7, 11) is 3.87. The predicted octanol–water partition coefficient (Wildman–Crippen LogP) is 1.79. The van der Waals surface area contributed by atoms with Crippen LogP contribution in [-0.2, 0) is 0 Å². The van der Waals surface area contributed by atoms with Crippen LogP contribution in [-0.4, -0.2) is 44.4 Å². The summed E-state index contributed by atoms with van der Waals surface area (Å²) in [6.45, 7) is 1.93. The lowest BCUT2D eigenvalue weighted by atomic mass is 10.1. The molecule has 5 nitrogen and oxygen atoms in total. The van der Waals surface area contributed by atoms with E-state index in [4.69, 9.17) is 11.1 Å². The minimum Gasteiger partial charge on any atom is -0.370 e. The lowest BCUT2D eigenvalue weighted by molar-refractivity contribution is 0.474. The first-order valence-corrected chi connectivity index (χ1v) is 6.87. The number of guanidine groups is 1. The minimum absolute atomic E-state index is 0.0785. The molecule has 0 aliphatic heterocycles. The van der Waals surface area contributed by atoms with E-state index in [0.29, 0.717) is 0 Å². The molecule has 18 heavy (non-hydrogen) atoms. The van der Waals surface area contributed by atoms with Crippen LogP contribution in [0.2, 0.25) is 0 Å². The normalized spacial score (nSPS) is 10.8. The lowest BCUT2D eigenvalue weighted by Crippen LogP contribution is -2.30. The summed E-state index contributed by atoms with van der Waals surface area (Å²) >= 11 is 0. The molecule has 0 saturated heterocycles. The zero-order valence-corrected chi connectivity index (χ0v) is 11.9. The van der Waals surface area contributed by atoms with Gasteiger partial charge in [0.1, 0.15) is 0 Å². The van der Waals surface area contributed by atoms with Gasteiger partial charge >= 0.3 is 0 Å². The first kappa shape index (κ1) is 16.7. The average molecular weight is 255 g/mol. The van der Waals surface area contributed by atoms with Crippen LogP contribution in [0, 0.1) is 5.41 Å². The monoisotopic (exact) mass is 255 g/mol. The maximum Gasteiger partial charge on any atom is 0.185 e. The van der Waals surface area contributed by atoms with Gasteiger partial charge < -0.3 is 16.0 Å². The van der Waals surface area contributed by atoms with E-state index >= 15 is 0 Å². The summed E-state index contributed by atoms with van der Waals surface area (Å²) in [6.07, 6.45) is 10.7. The Morgan fingerprint density at radius 3 is 2.28 bits per heavy atom. The van der Waals surface area contributed by atoms with Crippen LogP contribution in [0.1, 0.15) is 44.9 Å². The molecule has 0 radical (unpaired) electrons. The van der Waals surface area contributed by atoms with Gasteiger partial charge in [-0.1, -0.05) is 32.1 Å². The highest BCUT2D eigenvalue weighted by atomic mass is 15.1. The van der Waals surface area contributed by atoms with Gasteiger partial charge in [-0.25, -0.2) is 0 Å². The van der Waals surface area contributed by atoms with Crippen molar-refractivity contribution in [3.05, 3.63) is 0 Å². The molecule has 0 aromatic carbocycles. The van der Waals surface area contributed by atoms with Gasteiger partial charge in [0.25, 0.3) is 0 Å². The Kier molecular flexibility index (Phi) is 11.3. The zero-order chi connectivity index (χ0) is 13.6. The molecular formula is C13H29N5. The van der Waals surface area contributed by atoms with Gasteiger partial charge in [-0.2, -0.15) is 0 Å². The van der Waals surface area contributed by atoms with Crippen molar-refractivity contribution in [3.63, 3.8) is 0 Å². The highest BCUT2D eigenvalue weighted by molar-refractivity contribution is 5.74. The van der Waals surface area contributed by atoms with Crippen molar-refractivity contribution < 1.29 is 0 Å². The van der Waals surface area contributed by atoms with Gasteiger partial charge in [0.2, 0.25) is 0 Å². The summed E-state index contributed by atoms with van der Waals surface area (Å²) in [6, 6.07) is 0. The number of hydrogen-bond acceptors (Lipinski definition) is 2. The molecule has 0 saturated carbocycles. The Hall–Kier alpha value is -1.26. The van der Waals surface area contributed by atoms with Crippen LogP contribution in [0.5, 0.6) is 0 Å². The van der Waals surface area contributed by atoms with Gasteiger partial charge in [-0.15, -0.1) is 0 Å². The van der Waals surface area contributed by atoms with Crippen LogP contribution in [0.3, 0.4) is 0 Å². The summed E-state index contributed by atoms with van der Waals surface area (Å²) in [5.74, 6) is 0.0785. The van der Waals surface area contributed by atoms with Crippen molar-refractivity contribution in [2.24, 2.45) is 10.7 Å². The van der Waals surface area contributed by atoms with Gasteiger partial charge in [0, 0.05) is 27.2 Å². The molecule has 0 fully saturated rings. The van der Waals surface area contributed by atoms with Crippen LogP contribution < -0.4 is 11.1 Å². The summed E-state index contributed by atoms with van der Waals surface area (Å²) in [4.78, 5) is 6.11. The highest BCUT2D eigenvalue weighted by Gasteiger charge is 1.94. The van der Waals surface area contributed by atoms with E-state index in [1.54, 1.807) is 7.05 Å². The summed E-state index contributed by atoms with van der Waals surface area (Å²) < 4.78 is 0. The second kappa shape index (κ2) is 12.2. The van der Waals surface area contributed by atoms with Crippen molar-refractivity contribution in [3.8, 4) is 0 Å². The Morgan fingerprint density at radius 1 is 1.17 bits per heavy atom. The molecule has 0 unspecified atom stereocenters. The second-order valence-corrected chi connectivity index (χ2v) is 4.67. The van der Waals surface area contributed by atoms with Gasteiger partial charge in [0.05, 0.1) is 6.34 Å². The van der Waals surface area contributed by atoms with Crippen molar-refractivity contribution in [1.82, 2.24) is 10.2 Å². The van der Waals surface area contributed by atoms with E-state index in [1.165, 1.54) is 38.5 Å². The molecule has 0 rings (SSSR count). The largest absolute Gasteiger partial charge is 0.370 e. The van der Waals surface area contributed by atoms with Crippen LogP contribution in [0.25, 0.3) is 0 Å². The SMILES string of the molecule is C/N=C/N(C)CCCCCCCCCNC(=N)N. The first-order chi connectivity index (χ1) is 8.66. The van der Waals surface area contributed by atoms with E-state index in [9.17, 15) is 0 Å². The number of hydrogen-bond donors (Lipinski definition) is 3. The third-order valence-electron chi connectivity index (χ3n) is 2.82. The standard InChI is InChI=1S/C13H29N5/c1-16-12-18(2)11-9-7-5-3-4-6-8-10-17-13(14)15/h12H,3-11H2,1-2H3,(H4,14,15,17)/b16-12+. The van der Waals surface area contributed by atoms with Crippen LogP contribution in [0.4, 0.5) is 0 Å². The van der Waals surface area contributed by atoms with Crippen molar-refractivity contribution >= 4 is 12.3 Å². The van der Waals surface area contributed by atoms with Gasteiger partial charge in [0.15, 0.2) is 5.96 Å². The minimum atomic E-state index is 0.0785. The number of rotatable bonds is 11. The van der Waals surface area contributed by atoms with E-state index in [0.717, 1.165) is 19.5 Å². The van der Waals surface area contributed by atoms with Crippen LogP contribution >= 0.6 is 0 Å². The Labute approximate surface area is 111 Å². The Morgan fingerprint density at radius 2 is 1.72 bits per heavy atom. The maximum absolute atomic E-state index is 7.00. The topological polar surface area (TPSA) is 77.5 Å². The Bertz CT molecular complexity index is 227. The van der Waals surface area contributed by atoms with Gasteiger partial charge in [-0.3, -0.25) is 10.4 Å². The molecule has 0 atom stereocenters. The van der Waals surface area contributed by atoms with Crippen molar-refractivity contribution in [1.29, 1.82) is 5.41 Å². The number of nitrogens with one attached hydrogen (secondary N) is 2. The van der Waals surface area contributed by atoms with Crippen molar-refractivity contribution in [2.45, 2.75) is 44.9 Å². The number of nitrogens with zero attached hydrogens (tertiary/aromatic N) is 2. The fourth-order valence-electron chi connectivity index (χ4n) is 1.85. The molecule has 0 spiro atoms. The van der Waals surface area contributed by atoms with E-state index in [2.05, 4.69) is 22.3 Å². The number of nitrogens with two attached hydrogens (primary N) is 1. The molecule has 5 heteroatoms. The molecule has 0 aromatic rings. The number of aliphatic imine (C=N–C) groups is 1. The molecule has 0 aliphatic rings. The Balaban J connectivity index is 3.09. The molecular weight excluding hydrogens is 226 g/mol. The van der Waals surface area contributed by atoms with E-state index in [1.807, 2.05) is 6.34 Å². The fourth-order valence-corrected chi connectivity index (χ4v) is 1.85. The summed E-state index contributed by atoms with van der Waals surface area (Å²) in [5.41, 5.74) is 5.19. The van der Waals surface area contributed by atoms with Crippen molar-refractivity contribution in [2.75, 3.05) is 27.2 Å². The molecule has 0 bridgehead atoms. The molecule has 106 valence electrons. The quantitative estimate of drug-likeness (QED) is 0.299. The lowest BCUT2D eigenvalue weighted by Gasteiger charge is -2.11. The molecule has 0 aliphatic carbocycles. The smallest absolute Gasteiger partial charge is 0.185 e. The second-order valence-electron chi connectivity index (χ2n) is 4.67. The molecule has 4 N–H and O–H groups in total. The zero-order valence-electron chi connectivity index (χ0n) is 11.9. The first-order valence-electron chi connectivity index (χ1n) is 6.87. The third-order valence-corrected chi connectivity index (χ3v) is 2.82. The summed E-state index contributed by atoms with van der Waals surface area (Å²) in [5, 5.41) is 9.83. The molecule has 0 heterocycles.